The molecule has 0 bridgehead atoms. The van der Waals surface area contributed by atoms with Crippen LogP contribution in [0.25, 0.3) is 0 Å². The highest BCUT2D eigenvalue weighted by Gasteiger charge is 2.51. The SMILES string of the molecule is C=C(C)COCC(CCCC)(CCCC)OP(=O)(OC(CCCC)(CCCC)COCC(=C)C)OC(CCCC)(CCCC)COCC(=C)C. The van der Waals surface area contributed by atoms with E-state index in [1.54, 1.807) is 0 Å². The van der Waals surface area contributed by atoms with Crippen LogP contribution in [-0.4, -0.2) is 56.4 Å². The third-order valence-corrected chi connectivity index (χ3v) is 10.8. The second-order valence-electron chi connectivity index (χ2n) is 15.2. The maximum atomic E-state index is 16.0. The van der Waals surface area contributed by atoms with Gasteiger partial charge in [-0.25, -0.2) is 4.57 Å². The minimum atomic E-state index is -4.32. The molecule has 0 aliphatic heterocycles. The fourth-order valence-corrected chi connectivity index (χ4v) is 8.40. The minimum absolute atomic E-state index is 0.280. The molecule has 0 aromatic carbocycles. The Labute approximate surface area is 310 Å². The fourth-order valence-electron chi connectivity index (χ4n) is 6.16. The van der Waals surface area contributed by atoms with Crippen molar-refractivity contribution in [2.24, 2.45) is 0 Å². The van der Waals surface area contributed by atoms with Crippen molar-refractivity contribution in [1.82, 2.24) is 0 Å². The molecule has 0 aliphatic rings. The van der Waals surface area contributed by atoms with E-state index >= 15 is 4.57 Å². The lowest BCUT2D eigenvalue weighted by Gasteiger charge is -2.44. The maximum absolute atomic E-state index is 16.0. The summed E-state index contributed by atoms with van der Waals surface area (Å²) in [6.45, 7) is 33.1. The van der Waals surface area contributed by atoms with E-state index in [2.05, 4.69) is 61.3 Å². The zero-order valence-electron chi connectivity index (χ0n) is 34.4. The molecule has 0 unspecified atom stereocenters. The van der Waals surface area contributed by atoms with Gasteiger partial charge < -0.3 is 14.2 Å². The second-order valence-corrected chi connectivity index (χ2v) is 16.7. The molecule has 0 amide bonds. The summed E-state index contributed by atoms with van der Waals surface area (Å²) in [6, 6.07) is 0. The first-order valence-corrected chi connectivity index (χ1v) is 21.6. The van der Waals surface area contributed by atoms with Gasteiger partial charge in [-0.05, 0) is 59.3 Å². The number of unbranched alkanes of at least 4 members (excludes halogenated alkanes) is 6. The van der Waals surface area contributed by atoms with Gasteiger partial charge in [0.25, 0.3) is 0 Å². The Balaban J connectivity index is 7.58. The lowest BCUT2D eigenvalue weighted by atomic mass is 9.91. The van der Waals surface area contributed by atoms with E-state index in [-0.39, 0.29) is 19.8 Å². The van der Waals surface area contributed by atoms with Gasteiger partial charge >= 0.3 is 7.82 Å². The molecule has 0 atom stereocenters. The topological polar surface area (TPSA) is 72.5 Å². The number of hydrogen-bond acceptors (Lipinski definition) is 7. The Hall–Kier alpha value is -0.790. The Bertz CT molecular complexity index is 819. The van der Waals surface area contributed by atoms with Gasteiger partial charge in [-0.2, -0.15) is 0 Å². The molecule has 0 spiro atoms. The number of rotatable bonds is 36. The predicted molar refractivity (Wildman–Crippen MR) is 213 cm³/mol. The van der Waals surface area contributed by atoms with Crippen LogP contribution in [0.3, 0.4) is 0 Å². The average molecular weight is 729 g/mol. The molecular weight excluding hydrogens is 647 g/mol. The zero-order valence-corrected chi connectivity index (χ0v) is 35.3. The fraction of sp³-hybridized carbons (Fsp3) is 0.857. The molecule has 0 aromatic rings. The van der Waals surface area contributed by atoms with Crippen molar-refractivity contribution in [3.05, 3.63) is 36.5 Å². The maximum Gasteiger partial charge on any atom is 0.476 e. The standard InChI is InChI=1S/C42H81O7P/c1-13-19-25-40(26-20-14-2,34-44-31-37(7)8)47-50(43,48-41(27-21-15-3,28-22-16-4)35-45-32-38(9)10)49-42(29-23-17-5,30-24-18-6)36-46-33-39(11)12/h7,9,11,13-36H2,1-6,8,10,12H3. The van der Waals surface area contributed by atoms with Crippen molar-refractivity contribution in [2.45, 2.75) is 195 Å². The first kappa shape index (κ1) is 49.2. The van der Waals surface area contributed by atoms with E-state index in [1.165, 1.54) is 0 Å². The van der Waals surface area contributed by atoms with Gasteiger partial charge in [0.2, 0.25) is 0 Å². The summed E-state index contributed by atoms with van der Waals surface area (Å²) in [6.07, 6.45) is 15.3. The minimum Gasteiger partial charge on any atom is -0.374 e. The van der Waals surface area contributed by atoms with Crippen molar-refractivity contribution in [3.8, 4) is 0 Å². The molecule has 0 saturated carbocycles. The summed E-state index contributed by atoms with van der Waals surface area (Å²) in [5.41, 5.74) is 0.202. The van der Waals surface area contributed by atoms with Crippen LogP contribution in [0.15, 0.2) is 36.5 Å². The highest BCUT2D eigenvalue weighted by atomic mass is 31.2. The van der Waals surface area contributed by atoms with Gasteiger partial charge in [0, 0.05) is 0 Å². The number of phosphoric acid groups is 1. The summed E-state index contributed by atoms with van der Waals surface area (Å²) in [5.74, 6) is 0. The normalized spacial score (nSPS) is 12.8. The highest BCUT2D eigenvalue weighted by molar-refractivity contribution is 7.48. The Kier molecular flexibility index (Phi) is 27.3. The summed E-state index contributed by atoms with van der Waals surface area (Å²) < 4.78 is 56.2. The highest BCUT2D eigenvalue weighted by Crippen LogP contribution is 2.62. The van der Waals surface area contributed by atoms with Crippen LogP contribution in [0.5, 0.6) is 0 Å². The van der Waals surface area contributed by atoms with Gasteiger partial charge in [0.05, 0.1) is 39.6 Å². The molecule has 0 saturated heterocycles. The van der Waals surface area contributed by atoms with Gasteiger partial charge in [0.1, 0.15) is 16.8 Å². The van der Waals surface area contributed by atoms with E-state index in [1.807, 2.05) is 20.8 Å². The smallest absolute Gasteiger partial charge is 0.374 e. The zero-order chi connectivity index (χ0) is 37.9. The summed E-state index contributed by atoms with van der Waals surface area (Å²) in [7, 11) is -4.32. The van der Waals surface area contributed by atoms with E-state index in [0.717, 1.165) is 93.8 Å². The molecule has 50 heavy (non-hydrogen) atoms. The van der Waals surface area contributed by atoms with Crippen molar-refractivity contribution in [2.75, 3.05) is 39.6 Å². The molecule has 8 heteroatoms. The van der Waals surface area contributed by atoms with Crippen LogP contribution in [0.4, 0.5) is 0 Å². The van der Waals surface area contributed by atoms with E-state index < -0.39 is 24.6 Å². The number of ether oxygens (including phenoxy) is 3. The van der Waals surface area contributed by atoms with Crippen LogP contribution in [0, 0.1) is 0 Å². The Morgan fingerprint density at radius 1 is 0.440 bits per heavy atom. The Morgan fingerprint density at radius 2 is 0.640 bits per heavy atom. The monoisotopic (exact) mass is 729 g/mol. The van der Waals surface area contributed by atoms with Crippen molar-refractivity contribution in [1.29, 1.82) is 0 Å². The number of phosphoric ester groups is 1. The van der Waals surface area contributed by atoms with Crippen LogP contribution in [-0.2, 0) is 32.3 Å². The Morgan fingerprint density at radius 3 is 0.800 bits per heavy atom. The summed E-state index contributed by atoms with van der Waals surface area (Å²) in [4.78, 5) is 0. The molecule has 0 aliphatic carbocycles. The largest absolute Gasteiger partial charge is 0.476 e. The molecule has 0 rings (SSSR count). The van der Waals surface area contributed by atoms with Crippen LogP contribution < -0.4 is 0 Å². The lowest BCUT2D eigenvalue weighted by molar-refractivity contribution is -0.126. The van der Waals surface area contributed by atoms with Crippen molar-refractivity contribution < 1.29 is 32.3 Å². The second kappa shape index (κ2) is 27.8. The average Bonchev–Trinajstić information content (AvgIpc) is 3.05. The van der Waals surface area contributed by atoms with Crippen molar-refractivity contribution >= 4 is 7.82 Å². The quantitative estimate of drug-likeness (QED) is 0.0470. The molecule has 0 N–H and O–H groups in total. The third kappa shape index (κ3) is 21.7. The van der Waals surface area contributed by atoms with Crippen LogP contribution in [0.2, 0.25) is 0 Å². The van der Waals surface area contributed by atoms with Crippen molar-refractivity contribution in [3.63, 3.8) is 0 Å². The summed E-state index contributed by atoms with van der Waals surface area (Å²) >= 11 is 0. The van der Waals surface area contributed by atoms with E-state index in [0.29, 0.717) is 58.3 Å². The first-order valence-electron chi connectivity index (χ1n) is 20.1. The molecule has 296 valence electrons. The predicted octanol–water partition coefficient (Wildman–Crippen LogP) is 13.3. The molecule has 7 nitrogen and oxygen atoms in total. The summed E-state index contributed by atoms with van der Waals surface area (Å²) in [5, 5.41) is 0. The van der Waals surface area contributed by atoms with Crippen LogP contribution in [0.1, 0.15) is 178 Å². The molecule has 0 fully saturated rings. The van der Waals surface area contributed by atoms with Gasteiger partial charge in [-0.1, -0.05) is 155 Å². The van der Waals surface area contributed by atoms with E-state index in [9.17, 15) is 0 Å². The van der Waals surface area contributed by atoms with Gasteiger partial charge in [0.15, 0.2) is 0 Å². The van der Waals surface area contributed by atoms with Gasteiger partial charge in [-0.15, -0.1) is 0 Å². The molecular formula is C42H81O7P. The first-order chi connectivity index (χ1) is 23.7. The molecule has 0 aromatic heterocycles. The third-order valence-electron chi connectivity index (χ3n) is 8.97. The van der Waals surface area contributed by atoms with Gasteiger partial charge in [-0.3, -0.25) is 13.6 Å². The number of hydrogen-bond donors (Lipinski definition) is 0. The molecule has 0 radical (unpaired) electrons. The van der Waals surface area contributed by atoms with Crippen LogP contribution >= 0.6 is 7.82 Å². The molecule has 0 heterocycles. The lowest BCUT2D eigenvalue weighted by Crippen LogP contribution is -2.45. The van der Waals surface area contributed by atoms with E-state index in [4.69, 9.17) is 27.8 Å².